The molecular formula is C13H15F3N2O. The summed E-state index contributed by atoms with van der Waals surface area (Å²) < 4.78 is 39.2. The first kappa shape index (κ1) is 13.9. The molecule has 19 heavy (non-hydrogen) atoms. The summed E-state index contributed by atoms with van der Waals surface area (Å²) in [7, 11) is 0. The Morgan fingerprint density at radius 3 is 2.58 bits per heavy atom. The van der Waals surface area contributed by atoms with Crippen LogP contribution in [0.5, 0.6) is 0 Å². The molecule has 2 N–H and O–H groups in total. The molecule has 3 nitrogen and oxygen atoms in total. The van der Waals surface area contributed by atoms with Crippen LogP contribution in [0.3, 0.4) is 0 Å². The van der Waals surface area contributed by atoms with Gasteiger partial charge in [-0.2, -0.15) is 0 Å². The highest BCUT2D eigenvalue weighted by Crippen LogP contribution is 2.15. The van der Waals surface area contributed by atoms with Crippen molar-refractivity contribution < 1.29 is 18.0 Å². The molecule has 1 heterocycles. The van der Waals surface area contributed by atoms with Crippen LogP contribution in [0.2, 0.25) is 0 Å². The molecule has 1 aliphatic heterocycles. The first-order valence-corrected chi connectivity index (χ1v) is 6.20. The summed E-state index contributed by atoms with van der Waals surface area (Å²) in [4.78, 5) is 11.7. The third kappa shape index (κ3) is 3.47. The molecule has 1 amide bonds. The largest absolute Gasteiger partial charge is 0.353 e. The van der Waals surface area contributed by atoms with E-state index in [1.807, 2.05) is 0 Å². The van der Waals surface area contributed by atoms with Crippen LogP contribution in [-0.4, -0.2) is 25.0 Å². The predicted octanol–water partition coefficient (Wildman–Crippen LogP) is 1.51. The second-order valence-corrected chi connectivity index (χ2v) is 4.60. The molecule has 0 aliphatic carbocycles. The molecular weight excluding hydrogens is 257 g/mol. The summed E-state index contributed by atoms with van der Waals surface area (Å²) in [5, 5.41) is 5.92. The zero-order valence-electron chi connectivity index (χ0n) is 10.3. The lowest BCUT2D eigenvalue weighted by Gasteiger charge is -2.23. The van der Waals surface area contributed by atoms with Crippen molar-refractivity contribution in [2.24, 2.45) is 0 Å². The molecule has 104 valence electrons. The van der Waals surface area contributed by atoms with E-state index >= 15 is 0 Å². The van der Waals surface area contributed by atoms with Crippen molar-refractivity contribution in [2.45, 2.75) is 25.3 Å². The number of hydrogen-bond acceptors (Lipinski definition) is 2. The number of halogens is 3. The standard InChI is InChI=1S/C13H15F3N2O/c14-10-2-1-8(12(15)13(10)16)7-11(19)18-9-3-5-17-6-4-9/h1-2,9,17H,3-7H2,(H,18,19). The van der Waals surface area contributed by atoms with Gasteiger partial charge in [0.2, 0.25) is 5.91 Å². The minimum atomic E-state index is -1.54. The van der Waals surface area contributed by atoms with Gasteiger partial charge in [-0.3, -0.25) is 4.79 Å². The van der Waals surface area contributed by atoms with E-state index in [-0.39, 0.29) is 23.9 Å². The minimum absolute atomic E-state index is 0.0575. The summed E-state index contributed by atoms with van der Waals surface area (Å²) in [6, 6.07) is 1.98. The summed E-state index contributed by atoms with van der Waals surface area (Å²) in [6.45, 7) is 1.65. The average molecular weight is 272 g/mol. The zero-order chi connectivity index (χ0) is 13.8. The highest BCUT2D eigenvalue weighted by atomic mass is 19.2. The topological polar surface area (TPSA) is 41.1 Å². The van der Waals surface area contributed by atoms with Crippen molar-refractivity contribution >= 4 is 5.91 Å². The normalized spacial score (nSPS) is 16.4. The fourth-order valence-electron chi connectivity index (χ4n) is 2.12. The van der Waals surface area contributed by atoms with Gasteiger partial charge in [0.25, 0.3) is 0 Å². The summed E-state index contributed by atoms with van der Waals surface area (Å²) in [6.07, 6.45) is 1.34. The lowest BCUT2D eigenvalue weighted by atomic mass is 10.1. The van der Waals surface area contributed by atoms with Gasteiger partial charge in [0, 0.05) is 11.6 Å². The highest BCUT2D eigenvalue weighted by Gasteiger charge is 2.18. The van der Waals surface area contributed by atoms with E-state index in [1.54, 1.807) is 0 Å². The van der Waals surface area contributed by atoms with E-state index in [9.17, 15) is 18.0 Å². The number of rotatable bonds is 3. The number of nitrogens with one attached hydrogen (secondary N) is 2. The van der Waals surface area contributed by atoms with Gasteiger partial charge in [-0.15, -0.1) is 0 Å². The maximum absolute atomic E-state index is 13.4. The van der Waals surface area contributed by atoms with Crippen LogP contribution in [0.4, 0.5) is 13.2 Å². The van der Waals surface area contributed by atoms with Gasteiger partial charge < -0.3 is 10.6 Å². The maximum atomic E-state index is 13.4. The Morgan fingerprint density at radius 2 is 1.89 bits per heavy atom. The van der Waals surface area contributed by atoms with Gasteiger partial charge >= 0.3 is 0 Å². The Bertz CT molecular complexity index is 473. The SMILES string of the molecule is O=C(Cc1ccc(F)c(F)c1F)NC1CCNCC1. The monoisotopic (exact) mass is 272 g/mol. The van der Waals surface area contributed by atoms with E-state index in [0.29, 0.717) is 0 Å². The van der Waals surface area contributed by atoms with Gasteiger partial charge in [0.1, 0.15) is 0 Å². The molecule has 0 bridgehead atoms. The van der Waals surface area contributed by atoms with Gasteiger partial charge in [-0.05, 0) is 32.0 Å². The average Bonchev–Trinajstić information content (AvgIpc) is 2.41. The van der Waals surface area contributed by atoms with Crippen molar-refractivity contribution in [3.63, 3.8) is 0 Å². The van der Waals surface area contributed by atoms with Gasteiger partial charge in [-0.25, -0.2) is 13.2 Å². The Labute approximate surface area is 109 Å². The van der Waals surface area contributed by atoms with Crippen molar-refractivity contribution in [1.29, 1.82) is 0 Å². The fourth-order valence-corrected chi connectivity index (χ4v) is 2.12. The number of benzene rings is 1. The summed E-state index contributed by atoms with van der Waals surface area (Å²) >= 11 is 0. The molecule has 1 fully saturated rings. The first-order chi connectivity index (χ1) is 9.08. The Hall–Kier alpha value is -1.56. The summed E-state index contributed by atoms with van der Waals surface area (Å²) in [5.74, 6) is -4.45. The van der Waals surface area contributed by atoms with Crippen molar-refractivity contribution in [2.75, 3.05) is 13.1 Å². The van der Waals surface area contributed by atoms with Crippen LogP contribution in [0.1, 0.15) is 18.4 Å². The van der Waals surface area contributed by atoms with Gasteiger partial charge in [0.05, 0.1) is 6.42 Å². The molecule has 0 atom stereocenters. The van der Waals surface area contributed by atoms with Crippen LogP contribution in [0, 0.1) is 17.5 Å². The van der Waals surface area contributed by atoms with E-state index in [0.717, 1.165) is 38.1 Å². The molecule has 1 aliphatic rings. The van der Waals surface area contributed by atoms with Crippen LogP contribution >= 0.6 is 0 Å². The van der Waals surface area contributed by atoms with Crippen LogP contribution in [0.15, 0.2) is 12.1 Å². The zero-order valence-corrected chi connectivity index (χ0v) is 10.3. The maximum Gasteiger partial charge on any atom is 0.224 e. The number of amides is 1. The molecule has 6 heteroatoms. The first-order valence-electron chi connectivity index (χ1n) is 6.20. The van der Waals surface area contributed by atoms with E-state index in [1.165, 1.54) is 0 Å². The Kier molecular flexibility index (Phi) is 4.42. The summed E-state index contributed by atoms with van der Waals surface area (Å²) in [5.41, 5.74) is -0.134. The molecule has 1 aromatic rings. The molecule has 0 spiro atoms. The smallest absolute Gasteiger partial charge is 0.224 e. The van der Waals surface area contributed by atoms with E-state index in [2.05, 4.69) is 10.6 Å². The quantitative estimate of drug-likeness (QED) is 0.819. The van der Waals surface area contributed by atoms with Crippen molar-refractivity contribution in [3.8, 4) is 0 Å². The van der Waals surface area contributed by atoms with Crippen LogP contribution in [0.25, 0.3) is 0 Å². The predicted molar refractivity (Wildman–Crippen MR) is 64.1 cm³/mol. The lowest BCUT2D eigenvalue weighted by molar-refractivity contribution is -0.121. The Balaban J connectivity index is 1.97. The number of carbonyl (C=O) groups excluding carboxylic acids is 1. The molecule has 1 aromatic carbocycles. The lowest BCUT2D eigenvalue weighted by Crippen LogP contribution is -2.43. The molecule has 0 radical (unpaired) electrons. The number of piperidine rings is 1. The minimum Gasteiger partial charge on any atom is -0.353 e. The third-order valence-corrected chi connectivity index (χ3v) is 3.17. The Morgan fingerprint density at radius 1 is 1.21 bits per heavy atom. The fraction of sp³-hybridized carbons (Fsp3) is 0.462. The highest BCUT2D eigenvalue weighted by molar-refractivity contribution is 5.78. The molecule has 0 saturated carbocycles. The molecule has 2 rings (SSSR count). The van der Waals surface area contributed by atoms with Gasteiger partial charge in [-0.1, -0.05) is 6.07 Å². The number of hydrogen-bond donors (Lipinski definition) is 2. The van der Waals surface area contributed by atoms with Crippen LogP contribution in [-0.2, 0) is 11.2 Å². The third-order valence-electron chi connectivity index (χ3n) is 3.17. The molecule has 0 unspecified atom stereocenters. The molecule has 0 aromatic heterocycles. The van der Waals surface area contributed by atoms with E-state index in [4.69, 9.17) is 0 Å². The second-order valence-electron chi connectivity index (χ2n) is 4.60. The van der Waals surface area contributed by atoms with Crippen LogP contribution < -0.4 is 10.6 Å². The van der Waals surface area contributed by atoms with Crippen molar-refractivity contribution in [3.05, 3.63) is 35.1 Å². The number of carbonyl (C=O) groups is 1. The second kappa shape index (κ2) is 6.06. The van der Waals surface area contributed by atoms with Crippen molar-refractivity contribution in [1.82, 2.24) is 10.6 Å². The van der Waals surface area contributed by atoms with E-state index < -0.39 is 17.5 Å². The molecule has 1 saturated heterocycles. The van der Waals surface area contributed by atoms with Gasteiger partial charge in [0.15, 0.2) is 17.5 Å².